The van der Waals surface area contributed by atoms with Crippen molar-refractivity contribution in [1.29, 1.82) is 0 Å². The van der Waals surface area contributed by atoms with Crippen LogP contribution in [0.5, 0.6) is 0 Å². The fourth-order valence-electron chi connectivity index (χ4n) is 2.30. The number of rotatable bonds is 4. The van der Waals surface area contributed by atoms with Crippen molar-refractivity contribution in [3.63, 3.8) is 0 Å². The molecule has 1 amide bonds. The first-order chi connectivity index (χ1) is 10.5. The van der Waals surface area contributed by atoms with E-state index in [9.17, 15) is 14.4 Å². The highest BCUT2D eigenvalue weighted by Crippen LogP contribution is 2.32. The maximum absolute atomic E-state index is 12.2. The van der Waals surface area contributed by atoms with Crippen molar-refractivity contribution >= 4 is 40.3 Å². The van der Waals surface area contributed by atoms with Crippen molar-refractivity contribution < 1.29 is 19.1 Å². The van der Waals surface area contributed by atoms with Gasteiger partial charge in [-0.3, -0.25) is 9.59 Å². The van der Waals surface area contributed by atoms with Gasteiger partial charge >= 0.3 is 5.97 Å². The Bertz CT molecular complexity index is 620. The van der Waals surface area contributed by atoms with Crippen molar-refractivity contribution in [3.05, 3.63) is 17.8 Å². The normalized spacial score (nSPS) is 17.5. The number of nitrogens with zero attached hydrogens (tertiary/aromatic N) is 2. The minimum atomic E-state index is -0.516. The molecule has 1 aliphatic heterocycles. The highest BCUT2D eigenvalue weighted by atomic mass is 32.2. The van der Waals surface area contributed by atoms with Crippen LogP contribution in [0.4, 0.5) is 11.5 Å². The van der Waals surface area contributed by atoms with Crippen LogP contribution in [0.3, 0.4) is 0 Å². The summed E-state index contributed by atoms with van der Waals surface area (Å²) in [7, 11) is 2.97. The Balaban J connectivity index is 2.32. The molecule has 1 aromatic rings. The van der Waals surface area contributed by atoms with E-state index in [2.05, 4.69) is 15.0 Å². The Morgan fingerprint density at radius 1 is 1.50 bits per heavy atom. The average Bonchev–Trinajstić information content (AvgIpc) is 2.85. The van der Waals surface area contributed by atoms with E-state index >= 15 is 0 Å². The monoisotopic (exact) mass is 323 g/mol. The smallest absolute Gasteiger partial charge is 0.339 e. The molecule has 0 aromatic carbocycles. The van der Waals surface area contributed by atoms with Crippen LogP contribution in [0.1, 0.15) is 23.7 Å². The molecule has 0 radical (unpaired) electrons. The maximum atomic E-state index is 12.2. The Kier molecular flexibility index (Phi) is 5.02. The molecule has 118 valence electrons. The number of ether oxygens (including phenoxy) is 1. The predicted molar refractivity (Wildman–Crippen MR) is 84.2 cm³/mol. The van der Waals surface area contributed by atoms with Gasteiger partial charge in [0.05, 0.1) is 18.4 Å². The van der Waals surface area contributed by atoms with E-state index in [1.807, 2.05) is 0 Å². The highest BCUT2D eigenvalue weighted by molar-refractivity contribution is 8.14. The molecule has 1 atom stereocenters. The van der Waals surface area contributed by atoms with Gasteiger partial charge in [-0.05, 0) is 6.07 Å². The topological polar surface area (TPSA) is 88.6 Å². The molecular weight excluding hydrogens is 306 g/mol. The molecule has 0 aliphatic carbocycles. The van der Waals surface area contributed by atoms with Crippen molar-refractivity contribution in [1.82, 2.24) is 4.98 Å². The molecule has 2 rings (SSSR count). The van der Waals surface area contributed by atoms with Gasteiger partial charge in [0.1, 0.15) is 5.82 Å². The zero-order valence-electron chi connectivity index (χ0n) is 12.6. The summed E-state index contributed by atoms with van der Waals surface area (Å²) in [5.74, 6) is -0.119. The molecule has 7 nitrogen and oxygen atoms in total. The Labute approximate surface area is 132 Å². The van der Waals surface area contributed by atoms with Gasteiger partial charge in [0.2, 0.25) is 5.91 Å². The molecule has 1 aliphatic rings. The van der Waals surface area contributed by atoms with Crippen LogP contribution in [0, 0.1) is 0 Å². The number of thioether (sulfide) groups is 1. The van der Waals surface area contributed by atoms with Gasteiger partial charge < -0.3 is 15.0 Å². The number of esters is 1. The molecule has 2 heterocycles. The summed E-state index contributed by atoms with van der Waals surface area (Å²) in [4.78, 5) is 40.8. The number of amides is 1. The van der Waals surface area contributed by atoms with Crippen molar-refractivity contribution in [3.8, 4) is 0 Å². The fourth-order valence-corrected chi connectivity index (χ4v) is 3.22. The summed E-state index contributed by atoms with van der Waals surface area (Å²) in [6.07, 6.45) is 1.68. The van der Waals surface area contributed by atoms with Crippen LogP contribution in [0.25, 0.3) is 0 Å². The molecule has 1 saturated heterocycles. The van der Waals surface area contributed by atoms with E-state index < -0.39 is 5.97 Å². The number of methoxy groups -OCH3 is 1. The number of carbonyl (C=O) groups is 3. The van der Waals surface area contributed by atoms with E-state index in [4.69, 9.17) is 0 Å². The number of hydrogen-bond acceptors (Lipinski definition) is 7. The summed E-state index contributed by atoms with van der Waals surface area (Å²) < 4.78 is 4.68. The summed E-state index contributed by atoms with van der Waals surface area (Å²) in [5.41, 5.74) is 0.786. The second-order valence-electron chi connectivity index (χ2n) is 4.77. The maximum Gasteiger partial charge on any atom is 0.339 e. The Hall–Kier alpha value is -2.09. The molecule has 1 aromatic heterocycles. The third-order valence-corrected chi connectivity index (χ3v) is 4.22. The van der Waals surface area contributed by atoms with Crippen molar-refractivity contribution in [2.45, 2.75) is 18.6 Å². The number of hydrogen-bond donors (Lipinski definition) is 1. The van der Waals surface area contributed by atoms with Crippen LogP contribution in [0.15, 0.2) is 12.3 Å². The number of aromatic nitrogens is 1. The minimum Gasteiger partial charge on any atom is -0.465 e. The molecule has 0 saturated carbocycles. The van der Waals surface area contributed by atoms with Gasteiger partial charge in [0.25, 0.3) is 0 Å². The lowest BCUT2D eigenvalue weighted by Crippen LogP contribution is -2.26. The Morgan fingerprint density at radius 3 is 2.82 bits per heavy atom. The minimum absolute atomic E-state index is 0.0186. The first-order valence-corrected chi connectivity index (χ1v) is 7.58. The number of nitrogens with one attached hydrogen (secondary N) is 1. The van der Waals surface area contributed by atoms with Gasteiger partial charge in [0, 0.05) is 38.4 Å². The summed E-state index contributed by atoms with van der Waals surface area (Å²) in [5, 5.41) is 2.80. The lowest BCUT2D eigenvalue weighted by Gasteiger charge is -2.20. The first kappa shape index (κ1) is 16.3. The lowest BCUT2D eigenvalue weighted by atomic mass is 10.2. The average molecular weight is 323 g/mol. The van der Waals surface area contributed by atoms with Crippen LogP contribution >= 0.6 is 11.8 Å². The number of carbonyl (C=O) groups excluding carboxylic acids is 3. The predicted octanol–water partition coefficient (Wildman–Crippen LogP) is 1.29. The second kappa shape index (κ2) is 6.78. The third-order valence-electron chi connectivity index (χ3n) is 3.24. The van der Waals surface area contributed by atoms with Gasteiger partial charge in [-0.15, -0.1) is 0 Å². The van der Waals surface area contributed by atoms with E-state index in [0.29, 0.717) is 18.1 Å². The van der Waals surface area contributed by atoms with Crippen molar-refractivity contribution in [2.24, 2.45) is 0 Å². The van der Waals surface area contributed by atoms with Crippen LogP contribution in [0.2, 0.25) is 0 Å². The van der Waals surface area contributed by atoms with E-state index in [1.54, 1.807) is 18.0 Å². The van der Waals surface area contributed by atoms with Crippen LogP contribution in [-0.4, -0.2) is 47.9 Å². The standard InChI is InChI=1S/C14H17N3O4S/c1-8(18)22-10-5-12(19)17(7-10)11-4-9(14(20)21-3)6-16-13(11)15-2/h4,6,10H,5,7H2,1-3H3,(H,15,16). The van der Waals surface area contributed by atoms with E-state index in [0.717, 1.165) is 11.8 Å². The molecule has 1 fully saturated rings. The lowest BCUT2D eigenvalue weighted by molar-refractivity contribution is -0.117. The van der Waals surface area contributed by atoms with Crippen molar-refractivity contribution in [2.75, 3.05) is 30.9 Å². The fraction of sp³-hybridized carbons (Fsp3) is 0.429. The van der Waals surface area contributed by atoms with Crippen LogP contribution in [-0.2, 0) is 14.3 Å². The summed E-state index contributed by atoms with van der Waals surface area (Å²) in [6.45, 7) is 1.89. The molecule has 0 bridgehead atoms. The van der Waals surface area contributed by atoms with Gasteiger partial charge in [0.15, 0.2) is 5.12 Å². The number of pyridine rings is 1. The SMILES string of the molecule is CNc1ncc(C(=O)OC)cc1N1CC(SC(C)=O)CC1=O. The second-order valence-corrected chi connectivity index (χ2v) is 6.25. The third kappa shape index (κ3) is 3.38. The summed E-state index contributed by atoms with van der Waals surface area (Å²) in [6, 6.07) is 1.57. The summed E-state index contributed by atoms with van der Waals surface area (Å²) >= 11 is 1.16. The molecule has 0 spiro atoms. The molecule has 1 N–H and O–H groups in total. The van der Waals surface area contributed by atoms with Crippen LogP contribution < -0.4 is 10.2 Å². The highest BCUT2D eigenvalue weighted by Gasteiger charge is 2.33. The number of anilines is 2. The molecule has 1 unspecified atom stereocenters. The zero-order chi connectivity index (χ0) is 16.3. The first-order valence-electron chi connectivity index (χ1n) is 6.70. The quantitative estimate of drug-likeness (QED) is 0.835. The zero-order valence-corrected chi connectivity index (χ0v) is 13.4. The molecular formula is C14H17N3O4S. The van der Waals surface area contributed by atoms with Gasteiger partial charge in [-0.25, -0.2) is 9.78 Å². The molecule has 8 heteroatoms. The van der Waals surface area contributed by atoms with E-state index in [-0.39, 0.29) is 28.3 Å². The van der Waals surface area contributed by atoms with Gasteiger partial charge in [-0.2, -0.15) is 0 Å². The largest absolute Gasteiger partial charge is 0.465 e. The van der Waals surface area contributed by atoms with Gasteiger partial charge in [-0.1, -0.05) is 11.8 Å². The van der Waals surface area contributed by atoms with E-state index in [1.165, 1.54) is 20.2 Å². The Morgan fingerprint density at radius 2 is 2.23 bits per heavy atom. The molecule has 22 heavy (non-hydrogen) atoms.